The van der Waals surface area contributed by atoms with Gasteiger partial charge in [0.05, 0.1) is 24.6 Å². The summed E-state index contributed by atoms with van der Waals surface area (Å²) in [6, 6.07) is 7.61. The summed E-state index contributed by atoms with van der Waals surface area (Å²) in [6.07, 6.45) is 6.79. The highest BCUT2D eigenvalue weighted by Gasteiger charge is 2.56. The smallest absolute Gasteiger partial charge is 0.342 e. The molecule has 10 heteroatoms. The van der Waals surface area contributed by atoms with Gasteiger partial charge in [-0.15, -0.1) is 0 Å². The Morgan fingerprint density at radius 3 is 2.83 bits per heavy atom. The first-order valence-electron chi connectivity index (χ1n) is 12.0. The Bertz CT molecular complexity index is 986. The summed E-state index contributed by atoms with van der Waals surface area (Å²) in [4.78, 5) is 14.2. The van der Waals surface area contributed by atoms with Gasteiger partial charge in [-0.3, -0.25) is 0 Å². The molecule has 1 spiro atoms. The summed E-state index contributed by atoms with van der Waals surface area (Å²) in [6.45, 7) is 7.31. The number of carbonyl (C=O) groups excluding carboxylic acids is 1. The molecule has 0 saturated heterocycles. The number of carbonyl (C=O) groups is 1. The fourth-order valence-electron chi connectivity index (χ4n) is 4.09. The van der Waals surface area contributed by atoms with Gasteiger partial charge in [0.2, 0.25) is 0 Å². The maximum atomic E-state index is 13.3. The van der Waals surface area contributed by atoms with Gasteiger partial charge in [0.25, 0.3) is 0 Å². The van der Waals surface area contributed by atoms with E-state index >= 15 is 0 Å². The quantitative estimate of drug-likeness (QED) is 0.357. The number of allylic oxidation sites excluding steroid dienone is 5. The van der Waals surface area contributed by atoms with Gasteiger partial charge < -0.3 is 20.5 Å². The second-order valence-electron chi connectivity index (χ2n) is 8.10. The molecule has 3 rings (SSSR count). The number of amides is 2. The van der Waals surface area contributed by atoms with E-state index in [1.165, 1.54) is 0 Å². The number of ether oxygens (including phenoxy) is 1. The van der Waals surface area contributed by atoms with Crippen LogP contribution in [-0.4, -0.2) is 58.9 Å². The normalized spacial score (nSPS) is 21.3. The number of thioether (sulfide) groups is 1. The average molecular weight is 523 g/mol. The lowest BCUT2D eigenvalue weighted by Gasteiger charge is -2.46. The van der Waals surface area contributed by atoms with Crippen LogP contribution in [0.15, 0.2) is 65.8 Å². The molecule has 2 aliphatic heterocycles. The number of hydrogen-bond acceptors (Lipinski definition) is 6. The SMILES string of the molecule is C/C=C\C/C(F)=C\C=C\F.CCN(CCO)C(=O)N1N=C(C)SC12c1ccccc1OC[C@@H]2CCN. The Hall–Kier alpha value is -2.69. The molecule has 0 aliphatic carbocycles. The van der Waals surface area contributed by atoms with E-state index in [2.05, 4.69) is 5.10 Å². The van der Waals surface area contributed by atoms with Crippen LogP contribution in [0, 0.1) is 5.92 Å². The van der Waals surface area contributed by atoms with E-state index in [0.29, 0.717) is 26.0 Å². The van der Waals surface area contributed by atoms with Crippen LogP contribution in [0.2, 0.25) is 0 Å². The van der Waals surface area contributed by atoms with E-state index in [4.69, 9.17) is 10.5 Å². The van der Waals surface area contributed by atoms with Crippen LogP contribution in [0.5, 0.6) is 5.75 Å². The van der Waals surface area contributed by atoms with Gasteiger partial charge in [0.1, 0.15) is 11.6 Å². The number of benzene rings is 1. The lowest BCUT2D eigenvalue weighted by molar-refractivity contribution is 0.0597. The standard InChI is InChI=1S/C18H26N4O3S.C8H10F2/c1-3-21(10-11-23)17(24)22-18(26-13(2)20-22)14(8-9-19)12-25-16-7-5-4-6-15(16)18;1-2-3-5-8(10)6-4-7-9/h4-7,14,23H,3,8-12,19H2,1-2H3;2-4,6-7H,5H2,1H3/b;3-2-,7-4+,8-6+/t14-,18?;/m0./s1. The Balaban J connectivity index is 0.000000388. The largest absolute Gasteiger partial charge is 0.493 e. The van der Waals surface area contributed by atoms with E-state index in [-0.39, 0.29) is 37.3 Å². The first-order valence-corrected chi connectivity index (χ1v) is 12.8. The lowest BCUT2D eigenvalue weighted by atomic mass is 9.87. The molecule has 0 saturated carbocycles. The molecule has 1 aromatic rings. The van der Waals surface area contributed by atoms with Crippen LogP contribution in [-0.2, 0) is 4.87 Å². The number of hydrogen-bond donors (Lipinski definition) is 2. The number of nitrogens with two attached hydrogens (primary N) is 1. The molecule has 36 heavy (non-hydrogen) atoms. The maximum Gasteiger partial charge on any atom is 0.342 e. The fourth-order valence-corrected chi connectivity index (χ4v) is 5.50. The average Bonchev–Trinajstić information content (AvgIpc) is 3.24. The molecule has 0 radical (unpaired) electrons. The molecule has 2 heterocycles. The van der Waals surface area contributed by atoms with Crippen LogP contribution in [0.4, 0.5) is 13.6 Å². The Labute approximate surface area is 216 Å². The van der Waals surface area contributed by atoms with E-state index in [9.17, 15) is 18.7 Å². The van der Waals surface area contributed by atoms with Crippen LogP contribution in [0.25, 0.3) is 0 Å². The Morgan fingerprint density at radius 1 is 1.44 bits per heavy atom. The highest BCUT2D eigenvalue weighted by atomic mass is 32.2. The third-order valence-electron chi connectivity index (χ3n) is 5.74. The van der Waals surface area contributed by atoms with Crippen LogP contribution < -0.4 is 10.5 Å². The predicted octanol–water partition coefficient (Wildman–Crippen LogP) is 5.30. The van der Waals surface area contributed by atoms with Crippen molar-refractivity contribution in [3.63, 3.8) is 0 Å². The van der Waals surface area contributed by atoms with Crippen molar-refractivity contribution in [2.45, 2.75) is 38.5 Å². The summed E-state index contributed by atoms with van der Waals surface area (Å²) in [7, 11) is 0. The third-order valence-corrected chi connectivity index (χ3v) is 7.16. The number of nitrogens with zero attached hydrogens (tertiary/aromatic N) is 3. The lowest BCUT2D eigenvalue weighted by Crippen LogP contribution is -2.55. The van der Waals surface area contributed by atoms with Gasteiger partial charge in [0, 0.05) is 31.0 Å². The number of likely N-dealkylation sites (N-methyl/N-ethyl adjacent to an activating group) is 1. The summed E-state index contributed by atoms with van der Waals surface area (Å²) < 4.78 is 29.6. The summed E-state index contributed by atoms with van der Waals surface area (Å²) in [5.41, 5.74) is 6.82. The van der Waals surface area contributed by atoms with Crippen LogP contribution >= 0.6 is 11.8 Å². The number of aliphatic hydroxyl groups excluding tert-OH is 1. The molecule has 2 atom stereocenters. The molecule has 2 aliphatic rings. The van der Waals surface area contributed by atoms with E-state index in [0.717, 1.165) is 34.9 Å². The minimum absolute atomic E-state index is 0.0189. The van der Waals surface area contributed by atoms with Crippen LogP contribution in [0.3, 0.4) is 0 Å². The van der Waals surface area contributed by atoms with E-state index < -0.39 is 4.87 Å². The van der Waals surface area contributed by atoms with Gasteiger partial charge in [-0.05, 0) is 52.0 Å². The number of fused-ring (bicyclic) bond motifs is 2. The first kappa shape index (κ1) is 29.5. The first-order chi connectivity index (χ1) is 17.4. The second kappa shape index (κ2) is 14.8. The van der Waals surface area contributed by atoms with Crippen LogP contribution in [0.1, 0.15) is 39.2 Å². The van der Waals surface area contributed by atoms with Crippen molar-refractivity contribution in [3.8, 4) is 5.75 Å². The Morgan fingerprint density at radius 2 is 2.19 bits per heavy atom. The van der Waals surface area contributed by atoms with Gasteiger partial charge in [-0.1, -0.05) is 42.1 Å². The molecule has 1 unspecified atom stereocenters. The zero-order valence-electron chi connectivity index (χ0n) is 21.1. The summed E-state index contributed by atoms with van der Waals surface area (Å²) in [5, 5.41) is 16.3. The minimum Gasteiger partial charge on any atom is -0.493 e. The van der Waals surface area contributed by atoms with Gasteiger partial charge >= 0.3 is 6.03 Å². The summed E-state index contributed by atoms with van der Waals surface area (Å²) >= 11 is 1.59. The van der Waals surface area contributed by atoms with Crippen molar-refractivity contribution in [2.75, 3.05) is 32.8 Å². The molecular weight excluding hydrogens is 486 g/mol. The predicted molar refractivity (Wildman–Crippen MR) is 142 cm³/mol. The molecule has 198 valence electrons. The van der Waals surface area contributed by atoms with E-state index in [1.54, 1.807) is 40.7 Å². The van der Waals surface area contributed by atoms with Crippen molar-refractivity contribution < 1.29 is 23.4 Å². The number of halogens is 2. The molecule has 0 aromatic heterocycles. The molecule has 0 bridgehead atoms. The minimum atomic E-state index is -0.668. The van der Waals surface area contributed by atoms with Crippen molar-refractivity contribution in [2.24, 2.45) is 16.8 Å². The highest BCUT2D eigenvalue weighted by molar-refractivity contribution is 8.14. The molecule has 1 aromatic carbocycles. The summed E-state index contributed by atoms with van der Waals surface area (Å²) in [5.74, 6) is 0.457. The van der Waals surface area contributed by atoms with Gasteiger partial charge in [0.15, 0.2) is 4.87 Å². The topological polar surface area (TPSA) is 91.4 Å². The Kier molecular flexibility index (Phi) is 12.1. The van der Waals surface area contributed by atoms with Crippen molar-refractivity contribution in [1.29, 1.82) is 0 Å². The highest BCUT2D eigenvalue weighted by Crippen LogP contribution is 2.56. The van der Waals surface area contributed by atoms with E-state index in [1.807, 2.05) is 38.1 Å². The zero-order chi connectivity index (χ0) is 26.6. The fraction of sp³-hybridized carbons (Fsp3) is 0.462. The van der Waals surface area contributed by atoms with Gasteiger partial charge in [-0.25, -0.2) is 13.6 Å². The number of urea groups is 1. The number of aliphatic hydroxyl groups is 1. The maximum absolute atomic E-state index is 13.3. The van der Waals surface area contributed by atoms with Crippen molar-refractivity contribution in [3.05, 3.63) is 66.3 Å². The monoisotopic (exact) mass is 522 g/mol. The molecule has 2 amide bonds. The third kappa shape index (κ3) is 6.96. The van der Waals surface area contributed by atoms with Gasteiger partial charge in [-0.2, -0.15) is 10.1 Å². The van der Waals surface area contributed by atoms with Crippen molar-refractivity contribution >= 4 is 22.8 Å². The molecule has 3 N–H and O–H groups in total. The number of hydrazone groups is 1. The second-order valence-corrected chi connectivity index (χ2v) is 9.52. The zero-order valence-corrected chi connectivity index (χ0v) is 21.9. The number of rotatable bonds is 8. The van der Waals surface area contributed by atoms with Crippen molar-refractivity contribution in [1.82, 2.24) is 9.91 Å². The molecule has 0 fully saturated rings. The number of para-hydroxylation sites is 1. The molecule has 7 nitrogen and oxygen atoms in total. The molecular formula is C26H36F2N4O3S.